The van der Waals surface area contributed by atoms with Gasteiger partial charge < -0.3 is 14.4 Å². The summed E-state index contributed by atoms with van der Waals surface area (Å²) >= 11 is 1.56. The number of aromatic nitrogens is 1. The van der Waals surface area contributed by atoms with Gasteiger partial charge in [-0.25, -0.2) is 18.2 Å². The molecule has 1 aliphatic carbocycles. The van der Waals surface area contributed by atoms with Gasteiger partial charge in [0.2, 0.25) is 10.0 Å². The third kappa shape index (κ3) is 5.20. The van der Waals surface area contributed by atoms with Crippen molar-refractivity contribution in [3.63, 3.8) is 0 Å². The highest BCUT2D eigenvalue weighted by Crippen LogP contribution is 2.32. The summed E-state index contributed by atoms with van der Waals surface area (Å²) in [6.07, 6.45) is 5.04. The van der Waals surface area contributed by atoms with Gasteiger partial charge in [0.15, 0.2) is 5.13 Å². The number of nitrogens with zero attached hydrogens (tertiary/aromatic N) is 3. The highest BCUT2D eigenvalue weighted by molar-refractivity contribution is 7.89. The van der Waals surface area contributed by atoms with Crippen molar-refractivity contribution in [3.8, 4) is 5.75 Å². The molecule has 186 valence electrons. The van der Waals surface area contributed by atoms with Gasteiger partial charge >= 0.3 is 5.97 Å². The Morgan fingerprint density at radius 3 is 2.51 bits per heavy atom. The Bertz CT molecular complexity index is 1290. The number of fused-ring (bicyclic) bond motifs is 1. The van der Waals surface area contributed by atoms with E-state index in [1.54, 1.807) is 24.5 Å². The minimum atomic E-state index is -3.61. The number of carbonyl (C=O) groups is 1. The summed E-state index contributed by atoms with van der Waals surface area (Å²) in [5.41, 5.74) is 1.15. The minimum Gasteiger partial charge on any atom is -0.423 e. The van der Waals surface area contributed by atoms with Crippen LogP contribution < -0.4 is 9.64 Å². The number of thiazole rings is 1. The molecule has 2 heterocycles. The standard InChI is InChI=1S/C25H29N3O5S2/c1-27(19-5-3-2-4-6-19)35(30,31)21-10-7-18(8-11-21)24(29)33-20-9-12-22-23(17-20)34-25(26-22)28-13-15-32-16-14-28/h7-12,17,19H,2-6,13-16H2,1H3. The number of sulfonamides is 1. The molecule has 8 nitrogen and oxygen atoms in total. The van der Waals surface area contributed by atoms with Gasteiger partial charge in [-0.1, -0.05) is 30.6 Å². The van der Waals surface area contributed by atoms with Crippen LogP contribution in [0.3, 0.4) is 0 Å². The molecule has 0 spiro atoms. The monoisotopic (exact) mass is 515 g/mol. The fourth-order valence-electron chi connectivity index (χ4n) is 4.58. The Balaban J connectivity index is 1.27. The molecule has 2 fully saturated rings. The molecule has 5 rings (SSSR count). The van der Waals surface area contributed by atoms with Gasteiger partial charge in [0, 0.05) is 32.2 Å². The smallest absolute Gasteiger partial charge is 0.343 e. The molecule has 1 saturated heterocycles. The van der Waals surface area contributed by atoms with Crippen LogP contribution in [0, 0.1) is 0 Å². The molecule has 0 bridgehead atoms. The fourth-order valence-corrected chi connectivity index (χ4v) is 7.04. The maximum absolute atomic E-state index is 13.0. The lowest BCUT2D eigenvalue weighted by atomic mass is 9.96. The van der Waals surface area contributed by atoms with Gasteiger partial charge in [0.1, 0.15) is 5.75 Å². The Labute approximate surface area is 209 Å². The number of rotatable bonds is 6. The molecule has 1 saturated carbocycles. The van der Waals surface area contributed by atoms with Crippen molar-refractivity contribution in [2.75, 3.05) is 38.3 Å². The van der Waals surface area contributed by atoms with Crippen molar-refractivity contribution in [1.82, 2.24) is 9.29 Å². The number of hydrogen-bond donors (Lipinski definition) is 0. The zero-order valence-corrected chi connectivity index (χ0v) is 21.3. The zero-order valence-electron chi connectivity index (χ0n) is 19.7. The molecule has 2 aliphatic rings. The third-order valence-corrected chi connectivity index (χ3v) is 9.70. The Kier molecular flexibility index (Phi) is 7.06. The number of ether oxygens (including phenoxy) is 2. The van der Waals surface area contributed by atoms with Gasteiger partial charge in [-0.3, -0.25) is 0 Å². The highest BCUT2D eigenvalue weighted by atomic mass is 32.2. The SMILES string of the molecule is CN(C1CCCCC1)S(=O)(=O)c1ccc(C(=O)Oc2ccc3nc(N4CCOCC4)sc3c2)cc1. The second-order valence-electron chi connectivity index (χ2n) is 8.95. The largest absolute Gasteiger partial charge is 0.423 e. The van der Waals surface area contributed by atoms with Crippen LogP contribution in [0.5, 0.6) is 5.75 Å². The van der Waals surface area contributed by atoms with Crippen LogP contribution in [0.1, 0.15) is 42.5 Å². The Hall–Kier alpha value is -2.53. The molecule has 1 aliphatic heterocycles. The van der Waals surface area contributed by atoms with Crippen LogP contribution in [0.15, 0.2) is 47.4 Å². The molecule has 1 aromatic heterocycles. The molecule has 0 atom stereocenters. The molecule has 2 aromatic carbocycles. The number of anilines is 1. The summed E-state index contributed by atoms with van der Waals surface area (Å²) in [6.45, 7) is 3.00. The third-order valence-electron chi connectivity index (χ3n) is 6.70. The van der Waals surface area contributed by atoms with E-state index < -0.39 is 16.0 Å². The average Bonchev–Trinajstić information content (AvgIpc) is 3.33. The number of benzene rings is 2. The molecule has 3 aromatic rings. The van der Waals surface area contributed by atoms with E-state index in [0.717, 1.165) is 60.5 Å². The van der Waals surface area contributed by atoms with Crippen LogP contribution >= 0.6 is 11.3 Å². The normalized spacial score (nSPS) is 17.7. The van der Waals surface area contributed by atoms with Crippen LogP contribution in [0.25, 0.3) is 10.2 Å². The zero-order chi connectivity index (χ0) is 24.4. The second kappa shape index (κ2) is 10.2. The van der Waals surface area contributed by atoms with E-state index in [9.17, 15) is 13.2 Å². The van der Waals surface area contributed by atoms with Crippen LogP contribution in [0.4, 0.5) is 5.13 Å². The lowest BCUT2D eigenvalue weighted by molar-refractivity contribution is 0.0735. The van der Waals surface area contributed by atoms with Crippen molar-refractivity contribution in [1.29, 1.82) is 0 Å². The molecule has 10 heteroatoms. The molecular weight excluding hydrogens is 486 g/mol. The molecule has 0 amide bonds. The van der Waals surface area contributed by atoms with Crippen molar-refractivity contribution >= 4 is 42.7 Å². The molecular formula is C25H29N3O5S2. The molecule has 0 unspecified atom stereocenters. The maximum Gasteiger partial charge on any atom is 0.343 e. The lowest BCUT2D eigenvalue weighted by Gasteiger charge is -2.30. The summed E-state index contributed by atoms with van der Waals surface area (Å²) in [5.74, 6) is -0.111. The summed E-state index contributed by atoms with van der Waals surface area (Å²) in [5, 5.41) is 0.932. The van der Waals surface area contributed by atoms with E-state index in [2.05, 4.69) is 9.88 Å². The second-order valence-corrected chi connectivity index (χ2v) is 12.0. The van der Waals surface area contributed by atoms with Gasteiger partial charge in [-0.05, 0) is 49.2 Å². The Morgan fingerprint density at radius 2 is 1.80 bits per heavy atom. The molecule has 0 N–H and O–H groups in total. The summed E-state index contributed by atoms with van der Waals surface area (Å²) in [4.78, 5) is 19.8. The number of carbonyl (C=O) groups excluding carboxylic acids is 1. The predicted octanol–water partition coefficient (Wildman–Crippen LogP) is 4.31. The van der Waals surface area contributed by atoms with Crippen molar-refractivity contribution < 1.29 is 22.7 Å². The molecule has 0 radical (unpaired) electrons. The fraction of sp³-hybridized carbons (Fsp3) is 0.440. The topological polar surface area (TPSA) is 89.0 Å². The van der Waals surface area contributed by atoms with E-state index in [1.165, 1.54) is 28.6 Å². The lowest BCUT2D eigenvalue weighted by Crippen LogP contribution is -2.38. The maximum atomic E-state index is 13.0. The summed E-state index contributed by atoms with van der Waals surface area (Å²) in [6, 6.07) is 11.4. The number of morpholine rings is 1. The van der Waals surface area contributed by atoms with E-state index >= 15 is 0 Å². The van der Waals surface area contributed by atoms with Crippen LogP contribution in [-0.4, -0.2) is 63.1 Å². The highest BCUT2D eigenvalue weighted by Gasteiger charge is 2.29. The number of hydrogen-bond acceptors (Lipinski definition) is 8. The van der Waals surface area contributed by atoms with Gasteiger partial charge in [-0.2, -0.15) is 4.31 Å². The minimum absolute atomic E-state index is 0.0313. The summed E-state index contributed by atoms with van der Waals surface area (Å²) < 4.78 is 39.5. The quantitative estimate of drug-likeness (QED) is 0.357. The van der Waals surface area contributed by atoms with E-state index in [4.69, 9.17) is 9.47 Å². The summed E-state index contributed by atoms with van der Waals surface area (Å²) in [7, 11) is -1.96. The van der Waals surface area contributed by atoms with Crippen molar-refractivity contribution in [3.05, 3.63) is 48.0 Å². The molecule has 35 heavy (non-hydrogen) atoms. The Morgan fingerprint density at radius 1 is 1.09 bits per heavy atom. The predicted molar refractivity (Wildman–Crippen MR) is 136 cm³/mol. The average molecular weight is 516 g/mol. The van der Waals surface area contributed by atoms with E-state index in [-0.39, 0.29) is 10.9 Å². The van der Waals surface area contributed by atoms with Gasteiger partial charge in [0.05, 0.1) is 33.9 Å². The first-order valence-corrected chi connectivity index (χ1v) is 14.2. The first-order valence-electron chi connectivity index (χ1n) is 12.0. The first-order chi connectivity index (χ1) is 16.9. The van der Waals surface area contributed by atoms with Gasteiger partial charge in [0.25, 0.3) is 0 Å². The van der Waals surface area contributed by atoms with Crippen molar-refractivity contribution in [2.24, 2.45) is 0 Å². The van der Waals surface area contributed by atoms with Crippen molar-refractivity contribution in [2.45, 2.75) is 43.0 Å². The van der Waals surface area contributed by atoms with E-state index in [0.29, 0.717) is 24.5 Å². The van der Waals surface area contributed by atoms with Gasteiger partial charge in [-0.15, -0.1) is 0 Å². The van der Waals surface area contributed by atoms with E-state index in [1.807, 2.05) is 12.1 Å². The van der Waals surface area contributed by atoms with Crippen LogP contribution in [-0.2, 0) is 14.8 Å². The van der Waals surface area contributed by atoms with Crippen LogP contribution in [0.2, 0.25) is 0 Å². The number of esters is 1. The first kappa shape index (κ1) is 24.2.